The van der Waals surface area contributed by atoms with Gasteiger partial charge in [-0.3, -0.25) is 4.79 Å². The zero-order valence-electron chi connectivity index (χ0n) is 12.8. The van der Waals surface area contributed by atoms with Crippen molar-refractivity contribution < 1.29 is 4.79 Å². The first-order valence-corrected chi connectivity index (χ1v) is 8.40. The number of rotatable bonds is 9. The van der Waals surface area contributed by atoms with Crippen molar-refractivity contribution in [3.63, 3.8) is 0 Å². The Morgan fingerprint density at radius 3 is 2.57 bits per heavy atom. The van der Waals surface area contributed by atoms with Gasteiger partial charge in [-0.25, -0.2) is 0 Å². The minimum atomic E-state index is 0.220. The normalized spacial score (nSPS) is 11.1. The number of H-pyrrole nitrogens is 1. The van der Waals surface area contributed by atoms with Crippen LogP contribution in [0.3, 0.4) is 0 Å². The zero-order valence-corrected chi connectivity index (χ0v) is 13.5. The van der Waals surface area contributed by atoms with Gasteiger partial charge in [0.05, 0.1) is 10.5 Å². The average molecular weight is 306 g/mol. The molecule has 0 spiro atoms. The third kappa shape index (κ3) is 4.34. The molecule has 0 saturated heterocycles. The molecular formula is C18H24ClNO. The lowest BCUT2D eigenvalue weighted by Crippen LogP contribution is -1.97. The zero-order chi connectivity index (χ0) is 15.1. The topological polar surface area (TPSA) is 32.9 Å². The number of ketones is 1. The standard InChI is InChI=1S/C18H24ClNO/c1-2-3-4-5-6-7-8-12-17(21)15-13-20-18-14(15)10-9-11-16(18)19/h9-11,13,20H,2-8,12H2,1H3. The van der Waals surface area contributed by atoms with E-state index >= 15 is 0 Å². The molecule has 21 heavy (non-hydrogen) atoms. The number of fused-ring (bicyclic) bond motifs is 1. The molecule has 114 valence electrons. The lowest BCUT2D eigenvalue weighted by atomic mass is 10.0. The van der Waals surface area contributed by atoms with Crippen LogP contribution in [0.4, 0.5) is 0 Å². The molecule has 0 aliphatic carbocycles. The number of nitrogens with one attached hydrogen (secondary N) is 1. The summed E-state index contributed by atoms with van der Waals surface area (Å²) in [5, 5.41) is 1.61. The maximum Gasteiger partial charge on any atom is 0.165 e. The van der Waals surface area contributed by atoms with Crippen LogP contribution < -0.4 is 0 Å². The fraction of sp³-hybridized carbons (Fsp3) is 0.500. The van der Waals surface area contributed by atoms with Crippen LogP contribution in [0, 0.1) is 0 Å². The molecule has 1 aromatic carbocycles. The van der Waals surface area contributed by atoms with Gasteiger partial charge in [0, 0.05) is 23.6 Å². The molecule has 2 rings (SSSR count). The smallest absolute Gasteiger partial charge is 0.165 e. The number of Topliss-reactive ketones (excluding diaryl/α,β-unsaturated/α-hetero) is 1. The summed E-state index contributed by atoms with van der Waals surface area (Å²) in [7, 11) is 0. The second-order valence-corrected chi connectivity index (χ2v) is 6.07. The molecule has 2 aromatic rings. The fourth-order valence-corrected chi connectivity index (χ4v) is 2.95. The van der Waals surface area contributed by atoms with Crippen LogP contribution in [0.1, 0.15) is 68.6 Å². The van der Waals surface area contributed by atoms with E-state index in [1.54, 1.807) is 6.20 Å². The quantitative estimate of drug-likeness (QED) is 0.437. The number of aromatic nitrogens is 1. The summed E-state index contributed by atoms with van der Waals surface area (Å²) in [5.41, 5.74) is 1.64. The van der Waals surface area contributed by atoms with Gasteiger partial charge in [-0.05, 0) is 12.5 Å². The van der Waals surface area contributed by atoms with Gasteiger partial charge in [0.25, 0.3) is 0 Å². The number of hydrogen-bond donors (Lipinski definition) is 1. The fourth-order valence-electron chi connectivity index (χ4n) is 2.73. The Morgan fingerprint density at radius 2 is 1.81 bits per heavy atom. The van der Waals surface area contributed by atoms with Gasteiger partial charge in [-0.15, -0.1) is 0 Å². The number of aromatic amines is 1. The number of benzene rings is 1. The van der Waals surface area contributed by atoms with Crippen LogP contribution >= 0.6 is 11.6 Å². The lowest BCUT2D eigenvalue weighted by Gasteiger charge is -2.01. The molecule has 1 N–H and O–H groups in total. The Bertz CT molecular complexity index is 588. The molecule has 0 saturated carbocycles. The van der Waals surface area contributed by atoms with Crippen molar-refractivity contribution in [3.8, 4) is 0 Å². The molecular weight excluding hydrogens is 282 g/mol. The maximum absolute atomic E-state index is 12.3. The summed E-state index contributed by atoms with van der Waals surface area (Å²) in [6.07, 6.45) is 11.0. The van der Waals surface area contributed by atoms with Crippen LogP contribution in [-0.2, 0) is 0 Å². The molecule has 0 aliphatic rings. The summed E-state index contributed by atoms with van der Waals surface area (Å²) >= 11 is 6.12. The molecule has 0 amide bonds. The van der Waals surface area contributed by atoms with E-state index < -0.39 is 0 Å². The van der Waals surface area contributed by atoms with Crippen molar-refractivity contribution in [1.82, 2.24) is 4.98 Å². The first-order valence-electron chi connectivity index (χ1n) is 8.03. The van der Waals surface area contributed by atoms with Crippen molar-refractivity contribution in [2.24, 2.45) is 0 Å². The molecule has 0 fully saturated rings. The third-order valence-electron chi connectivity index (χ3n) is 3.97. The Labute approximate surface area is 131 Å². The molecule has 0 atom stereocenters. The molecule has 0 bridgehead atoms. The van der Waals surface area contributed by atoms with Gasteiger partial charge >= 0.3 is 0 Å². The monoisotopic (exact) mass is 305 g/mol. The Kier molecular flexibility index (Phi) is 6.31. The maximum atomic E-state index is 12.3. The second kappa shape index (κ2) is 8.23. The van der Waals surface area contributed by atoms with Crippen LogP contribution in [0.25, 0.3) is 10.9 Å². The minimum Gasteiger partial charge on any atom is -0.359 e. The van der Waals surface area contributed by atoms with Gasteiger partial charge < -0.3 is 4.98 Å². The minimum absolute atomic E-state index is 0.220. The van der Waals surface area contributed by atoms with E-state index in [-0.39, 0.29) is 5.78 Å². The molecule has 1 heterocycles. The predicted molar refractivity (Wildman–Crippen MR) is 90.2 cm³/mol. The van der Waals surface area contributed by atoms with E-state index in [2.05, 4.69) is 11.9 Å². The summed E-state index contributed by atoms with van der Waals surface area (Å²) < 4.78 is 0. The van der Waals surface area contributed by atoms with Gasteiger partial charge in [0.2, 0.25) is 0 Å². The van der Waals surface area contributed by atoms with E-state index in [4.69, 9.17) is 11.6 Å². The molecule has 2 nitrogen and oxygen atoms in total. The Balaban J connectivity index is 1.81. The molecule has 0 unspecified atom stereocenters. The lowest BCUT2D eigenvalue weighted by molar-refractivity contribution is 0.0980. The molecule has 0 radical (unpaired) electrons. The predicted octanol–water partition coefficient (Wildman–Crippen LogP) is 6.14. The SMILES string of the molecule is CCCCCCCCCC(=O)c1c[nH]c2c(Cl)cccc12. The second-order valence-electron chi connectivity index (χ2n) is 5.66. The van der Waals surface area contributed by atoms with Gasteiger partial charge in [-0.1, -0.05) is 69.2 Å². The number of halogens is 1. The highest BCUT2D eigenvalue weighted by molar-refractivity contribution is 6.35. The summed E-state index contributed by atoms with van der Waals surface area (Å²) in [6, 6.07) is 5.68. The van der Waals surface area contributed by atoms with Crippen LogP contribution in [-0.4, -0.2) is 10.8 Å². The van der Waals surface area contributed by atoms with Crippen molar-refractivity contribution in [1.29, 1.82) is 0 Å². The first kappa shape index (κ1) is 16.1. The molecule has 1 aromatic heterocycles. The van der Waals surface area contributed by atoms with E-state index in [1.807, 2.05) is 18.2 Å². The summed E-state index contributed by atoms with van der Waals surface area (Å²) in [6.45, 7) is 2.23. The van der Waals surface area contributed by atoms with E-state index in [0.717, 1.165) is 29.3 Å². The average Bonchev–Trinajstić information content (AvgIpc) is 2.91. The third-order valence-corrected chi connectivity index (χ3v) is 4.29. The van der Waals surface area contributed by atoms with Crippen molar-refractivity contribution in [3.05, 3.63) is 35.0 Å². The van der Waals surface area contributed by atoms with Gasteiger partial charge in [-0.2, -0.15) is 0 Å². The van der Waals surface area contributed by atoms with Crippen LogP contribution in [0.5, 0.6) is 0 Å². The van der Waals surface area contributed by atoms with Gasteiger partial charge in [0.1, 0.15) is 0 Å². The Morgan fingerprint density at radius 1 is 1.10 bits per heavy atom. The summed E-state index contributed by atoms with van der Waals surface area (Å²) in [4.78, 5) is 15.4. The highest BCUT2D eigenvalue weighted by Crippen LogP contribution is 2.26. The van der Waals surface area contributed by atoms with Gasteiger partial charge in [0.15, 0.2) is 5.78 Å². The number of carbonyl (C=O) groups excluding carboxylic acids is 1. The van der Waals surface area contributed by atoms with Crippen molar-refractivity contribution in [2.45, 2.75) is 58.3 Å². The van der Waals surface area contributed by atoms with Crippen molar-refractivity contribution >= 4 is 28.3 Å². The number of para-hydroxylation sites is 1. The first-order chi connectivity index (χ1) is 10.2. The van der Waals surface area contributed by atoms with Crippen molar-refractivity contribution in [2.75, 3.05) is 0 Å². The molecule has 0 aliphatic heterocycles. The largest absolute Gasteiger partial charge is 0.359 e. The highest BCUT2D eigenvalue weighted by atomic mass is 35.5. The van der Waals surface area contributed by atoms with E-state index in [0.29, 0.717) is 11.4 Å². The highest BCUT2D eigenvalue weighted by Gasteiger charge is 2.12. The summed E-state index contributed by atoms with van der Waals surface area (Å²) in [5.74, 6) is 0.220. The van der Waals surface area contributed by atoms with E-state index in [1.165, 1.54) is 32.1 Å². The Hall–Kier alpha value is -1.28. The number of unbranched alkanes of at least 4 members (excludes halogenated alkanes) is 6. The number of hydrogen-bond acceptors (Lipinski definition) is 1. The number of carbonyl (C=O) groups is 1. The van der Waals surface area contributed by atoms with E-state index in [9.17, 15) is 4.79 Å². The van der Waals surface area contributed by atoms with Crippen LogP contribution in [0.15, 0.2) is 24.4 Å². The van der Waals surface area contributed by atoms with Crippen LogP contribution in [0.2, 0.25) is 5.02 Å². The molecule has 3 heteroatoms.